The van der Waals surface area contributed by atoms with Gasteiger partial charge in [0.2, 0.25) is 0 Å². The van der Waals surface area contributed by atoms with Gasteiger partial charge >= 0.3 is 0 Å². The predicted molar refractivity (Wildman–Crippen MR) is 52.8 cm³/mol. The molecule has 0 nitrogen and oxygen atoms in total. The minimum atomic E-state index is -0.0264. The first-order valence-electron chi connectivity index (χ1n) is 4.16. The Morgan fingerprint density at radius 3 is 2.33 bits per heavy atom. The summed E-state index contributed by atoms with van der Waals surface area (Å²) in [5.74, 6) is 2.79. The first-order chi connectivity index (χ1) is 5.64. The van der Waals surface area contributed by atoms with E-state index in [2.05, 4.69) is 31.9 Å². The standard InChI is InChI=1S/C12H14/c1-4-12(2,3)10-11-8-6-5-7-9-11/h1,5-9H,10H2,2-3H3. The summed E-state index contributed by atoms with van der Waals surface area (Å²) < 4.78 is 0. The van der Waals surface area contributed by atoms with E-state index in [0.717, 1.165) is 6.42 Å². The molecule has 0 saturated heterocycles. The van der Waals surface area contributed by atoms with Crippen LogP contribution in [0.1, 0.15) is 19.4 Å². The third kappa shape index (κ3) is 2.43. The van der Waals surface area contributed by atoms with Crippen LogP contribution in [0.3, 0.4) is 0 Å². The van der Waals surface area contributed by atoms with Crippen molar-refractivity contribution in [2.75, 3.05) is 0 Å². The second kappa shape index (κ2) is 3.45. The molecule has 62 valence electrons. The van der Waals surface area contributed by atoms with E-state index in [1.807, 2.05) is 18.2 Å². The van der Waals surface area contributed by atoms with Gasteiger partial charge in [-0.05, 0) is 25.8 Å². The van der Waals surface area contributed by atoms with E-state index in [0.29, 0.717) is 0 Å². The van der Waals surface area contributed by atoms with Gasteiger partial charge in [0.05, 0.1) is 0 Å². The van der Waals surface area contributed by atoms with E-state index in [9.17, 15) is 0 Å². The second-order valence-electron chi connectivity index (χ2n) is 3.69. The van der Waals surface area contributed by atoms with Crippen LogP contribution in [0.5, 0.6) is 0 Å². The first-order valence-corrected chi connectivity index (χ1v) is 4.16. The maximum atomic E-state index is 5.40. The number of rotatable bonds is 2. The van der Waals surface area contributed by atoms with Crippen LogP contribution in [0.25, 0.3) is 0 Å². The average Bonchev–Trinajstić information content (AvgIpc) is 2.06. The fraction of sp³-hybridized carbons (Fsp3) is 0.333. The zero-order chi connectivity index (χ0) is 9.03. The Labute approximate surface area is 74.6 Å². The van der Waals surface area contributed by atoms with Crippen molar-refractivity contribution in [3.05, 3.63) is 35.9 Å². The molecule has 0 aliphatic rings. The molecule has 0 saturated carbocycles. The third-order valence-electron chi connectivity index (χ3n) is 1.88. The van der Waals surface area contributed by atoms with E-state index in [4.69, 9.17) is 6.42 Å². The minimum Gasteiger partial charge on any atom is -0.120 e. The van der Waals surface area contributed by atoms with Gasteiger partial charge in [-0.2, -0.15) is 0 Å². The Kier molecular flexibility index (Phi) is 2.55. The predicted octanol–water partition coefficient (Wildman–Crippen LogP) is 2.89. The molecule has 1 rings (SSSR count). The molecule has 0 aliphatic heterocycles. The summed E-state index contributed by atoms with van der Waals surface area (Å²) in [6.45, 7) is 4.17. The van der Waals surface area contributed by atoms with Gasteiger partial charge < -0.3 is 0 Å². The van der Waals surface area contributed by atoms with Crippen LogP contribution >= 0.6 is 0 Å². The lowest BCUT2D eigenvalue weighted by atomic mass is 9.87. The molecule has 0 heteroatoms. The third-order valence-corrected chi connectivity index (χ3v) is 1.88. The van der Waals surface area contributed by atoms with Crippen LogP contribution < -0.4 is 0 Å². The quantitative estimate of drug-likeness (QED) is 0.580. The van der Waals surface area contributed by atoms with Gasteiger partial charge in [0, 0.05) is 5.41 Å². The van der Waals surface area contributed by atoms with Crippen LogP contribution in [-0.4, -0.2) is 0 Å². The zero-order valence-electron chi connectivity index (χ0n) is 7.67. The van der Waals surface area contributed by atoms with E-state index in [1.165, 1.54) is 5.56 Å². The van der Waals surface area contributed by atoms with E-state index in [-0.39, 0.29) is 5.41 Å². The molecule has 0 unspecified atom stereocenters. The molecule has 1 aromatic rings. The molecule has 0 heterocycles. The maximum Gasteiger partial charge on any atom is 0.0296 e. The van der Waals surface area contributed by atoms with Crippen molar-refractivity contribution < 1.29 is 0 Å². The van der Waals surface area contributed by atoms with Gasteiger partial charge in [-0.3, -0.25) is 0 Å². The molecule has 0 fully saturated rings. The highest BCUT2D eigenvalue weighted by Crippen LogP contribution is 2.19. The summed E-state index contributed by atoms with van der Waals surface area (Å²) in [4.78, 5) is 0. The van der Waals surface area contributed by atoms with Crippen molar-refractivity contribution >= 4 is 0 Å². The molecule has 0 amide bonds. The van der Waals surface area contributed by atoms with E-state index < -0.39 is 0 Å². The minimum absolute atomic E-state index is 0.0264. The molecule has 0 N–H and O–H groups in total. The lowest BCUT2D eigenvalue weighted by molar-refractivity contribution is 0.501. The number of hydrogen-bond acceptors (Lipinski definition) is 0. The van der Waals surface area contributed by atoms with E-state index in [1.54, 1.807) is 0 Å². The molecule has 1 aromatic carbocycles. The topological polar surface area (TPSA) is 0 Å². The molecule has 0 radical (unpaired) electrons. The fourth-order valence-corrected chi connectivity index (χ4v) is 1.16. The summed E-state index contributed by atoms with van der Waals surface area (Å²) in [6, 6.07) is 10.3. The Hall–Kier alpha value is -1.22. The van der Waals surface area contributed by atoms with Gasteiger partial charge in [0.25, 0.3) is 0 Å². The summed E-state index contributed by atoms with van der Waals surface area (Å²) >= 11 is 0. The van der Waals surface area contributed by atoms with Crippen LogP contribution in [0.4, 0.5) is 0 Å². The van der Waals surface area contributed by atoms with Crippen molar-refractivity contribution in [3.8, 4) is 12.3 Å². The van der Waals surface area contributed by atoms with Gasteiger partial charge in [-0.25, -0.2) is 0 Å². The van der Waals surface area contributed by atoms with Crippen molar-refractivity contribution in [2.45, 2.75) is 20.3 Å². The second-order valence-corrected chi connectivity index (χ2v) is 3.69. The van der Waals surface area contributed by atoms with Crippen molar-refractivity contribution in [1.29, 1.82) is 0 Å². The summed E-state index contributed by atoms with van der Waals surface area (Å²) in [5.41, 5.74) is 1.28. The maximum absolute atomic E-state index is 5.40. The fourth-order valence-electron chi connectivity index (χ4n) is 1.16. The molecule has 12 heavy (non-hydrogen) atoms. The number of hydrogen-bond donors (Lipinski definition) is 0. The smallest absolute Gasteiger partial charge is 0.0296 e. The van der Waals surface area contributed by atoms with Crippen LogP contribution in [0.2, 0.25) is 0 Å². The molecule has 0 spiro atoms. The SMILES string of the molecule is C#CC(C)(C)Cc1ccccc1. The van der Waals surface area contributed by atoms with Crippen molar-refractivity contribution in [2.24, 2.45) is 5.41 Å². The van der Waals surface area contributed by atoms with Gasteiger partial charge in [0.1, 0.15) is 0 Å². The van der Waals surface area contributed by atoms with Crippen LogP contribution in [0.15, 0.2) is 30.3 Å². The number of terminal acetylenes is 1. The van der Waals surface area contributed by atoms with Gasteiger partial charge in [0.15, 0.2) is 0 Å². The largest absolute Gasteiger partial charge is 0.120 e. The van der Waals surface area contributed by atoms with Crippen molar-refractivity contribution in [1.82, 2.24) is 0 Å². The molecule has 0 atom stereocenters. The lowest BCUT2D eigenvalue weighted by Crippen LogP contribution is -2.11. The zero-order valence-corrected chi connectivity index (χ0v) is 7.67. The van der Waals surface area contributed by atoms with Crippen LogP contribution in [-0.2, 0) is 6.42 Å². The molecular formula is C12H14. The highest BCUT2D eigenvalue weighted by atomic mass is 14.2. The molecular weight excluding hydrogens is 144 g/mol. The highest BCUT2D eigenvalue weighted by molar-refractivity contribution is 5.19. The normalized spacial score (nSPS) is 10.8. The monoisotopic (exact) mass is 158 g/mol. The summed E-state index contributed by atoms with van der Waals surface area (Å²) in [7, 11) is 0. The molecule has 0 aliphatic carbocycles. The Morgan fingerprint density at radius 2 is 1.83 bits per heavy atom. The first kappa shape index (κ1) is 8.87. The molecule has 0 bridgehead atoms. The van der Waals surface area contributed by atoms with Gasteiger partial charge in [-0.1, -0.05) is 30.3 Å². The molecule has 0 aromatic heterocycles. The Bertz CT molecular complexity index is 275. The van der Waals surface area contributed by atoms with Crippen LogP contribution in [0, 0.1) is 17.8 Å². The Morgan fingerprint density at radius 1 is 1.25 bits per heavy atom. The number of benzene rings is 1. The Balaban J connectivity index is 2.72. The van der Waals surface area contributed by atoms with E-state index >= 15 is 0 Å². The summed E-state index contributed by atoms with van der Waals surface area (Å²) in [5, 5.41) is 0. The summed E-state index contributed by atoms with van der Waals surface area (Å²) in [6.07, 6.45) is 6.35. The average molecular weight is 158 g/mol. The van der Waals surface area contributed by atoms with Crippen molar-refractivity contribution in [3.63, 3.8) is 0 Å². The highest BCUT2D eigenvalue weighted by Gasteiger charge is 2.13. The lowest BCUT2D eigenvalue weighted by Gasteiger charge is -2.16. The van der Waals surface area contributed by atoms with Gasteiger partial charge in [-0.15, -0.1) is 12.3 Å².